The maximum absolute atomic E-state index is 13.7. The zero-order chi connectivity index (χ0) is 27.4. The SMILES string of the molecule is Cc1nn(C(C)C(=O)Nc2c(C(N)=O)sc3nc(C(F)(F)F)cc(-c4cnn(C)c4C)c23)cc1[N+](=O)[O-]. The molecule has 4 heterocycles. The summed E-state index contributed by atoms with van der Waals surface area (Å²) in [5.41, 5.74) is 4.88. The molecular formula is C21H19F3N8O4S. The van der Waals surface area contributed by atoms with Crippen molar-refractivity contribution in [3.8, 4) is 11.1 Å². The van der Waals surface area contributed by atoms with Crippen molar-refractivity contribution in [3.05, 3.63) is 50.5 Å². The van der Waals surface area contributed by atoms with Crippen molar-refractivity contribution in [2.24, 2.45) is 12.8 Å². The summed E-state index contributed by atoms with van der Waals surface area (Å²) in [7, 11) is 1.61. The number of thiophene rings is 1. The minimum Gasteiger partial charge on any atom is -0.365 e. The molecule has 4 rings (SSSR count). The van der Waals surface area contributed by atoms with Crippen LogP contribution in [0.2, 0.25) is 0 Å². The summed E-state index contributed by atoms with van der Waals surface area (Å²) in [6.07, 6.45) is -2.34. The van der Waals surface area contributed by atoms with E-state index in [0.717, 1.165) is 16.9 Å². The lowest BCUT2D eigenvalue weighted by atomic mass is 10.0. The van der Waals surface area contributed by atoms with Crippen molar-refractivity contribution >= 4 is 44.7 Å². The number of hydrogen-bond donors (Lipinski definition) is 2. The molecule has 16 heteroatoms. The number of nitrogens with two attached hydrogens (primary N) is 1. The summed E-state index contributed by atoms with van der Waals surface area (Å²) >= 11 is 0.604. The topological polar surface area (TPSA) is 164 Å². The molecule has 0 aliphatic carbocycles. The molecule has 0 aliphatic heterocycles. The molecule has 0 aliphatic rings. The van der Waals surface area contributed by atoms with Crippen LogP contribution in [0.5, 0.6) is 0 Å². The lowest BCUT2D eigenvalue weighted by Gasteiger charge is -2.15. The number of carbonyl (C=O) groups excluding carboxylic acids is 2. The molecule has 0 fully saturated rings. The van der Waals surface area contributed by atoms with E-state index < -0.39 is 34.6 Å². The highest BCUT2D eigenvalue weighted by atomic mass is 32.1. The predicted molar refractivity (Wildman–Crippen MR) is 127 cm³/mol. The second-order valence-corrected chi connectivity index (χ2v) is 9.17. The second-order valence-electron chi connectivity index (χ2n) is 8.17. The number of nitrogens with one attached hydrogen (secondary N) is 1. The number of amides is 2. The molecule has 0 spiro atoms. The van der Waals surface area contributed by atoms with Gasteiger partial charge >= 0.3 is 11.9 Å². The Morgan fingerprint density at radius 1 is 1.27 bits per heavy atom. The molecule has 4 aromatic heterocycles. The Bertz CT molecular complexity index is 1590. The van der Waals surface area contributed by atoms with E-state index in [1.54, 1.807) is 14.0 Å². The number of carbonyl (C=O) groups is 2. The first kappa shape index (κ1) is 25.7. The van der Waals surface area contributed by atoms with Gasteiger partial charge < -0.3 is 11.1 Å². The molecule has 1 atom stereocenters. The van der Waals surface area contributed by atoms with Gasteiger partial charge in [-0.05, 0) is 32.4 Å². The van der Waals surface area contributed by atoms with Crippen molar-refractivity contribution in [1.29, 1.82) is 0 Å². The normalized spacial score (nSPS) is 12.6. The Labute approximate surface area is 210 Å². The molecular weight excluding hydrogens is 517 g/mol. The number of halogens is 3. The van der Waals surface area contributed by atoms with Gasteiger partial charge in [-0.1, -0.05) is 0 Å². The third-order valence-corrected chi connectivity index (χ3v) is 6.91. The highest BCUT2D eigenvalue weighted by molar-refractivity contribution is 7.21. The third kappa shape index (κ3) is 4.50. The number of rotatable bonds is 6. The average molecular weight is 536 g/mol. The molecule has 0 saturated carbocycles. The van der Waals surface area contributed by atoms with Gasteiger partial charge in [-0.3, -0.25) is 29.1 Å². The van der Waals surface area contributed by atoms with Crippen LogP contribution in [-0.2, 0) is 18.0 Å². The summed E-state index contributed by atoms with van der Waals surface area (Å²) in [5, 5.41) is 21.9. The molecule has 4 aromatic rings. The average Bonchev–Trinajstić information content (AvgIpc) is 3.48. The molecule has 1 unspecified atom stereocenters. The zero-order valence-corrected chi connectivity index (χ0v) is 20.6. The Kier molecular flexibility index (Phi) is 6.23. The summed E-state index contributed by atoms with van der Waals surface area (Å²) in [6.45, 7) is 4.47. The first-order valence-electron chi connectivity index (χ1n) is 10.5. The fraction of sp³-hybridized carbons (Fsp3) is 0.286. The van der Waals surface area contributed by atoms with Crippen molar-refractivity contribution in [1.82, 2.24) is 24.5 Å². The Morgan fingerprint density at radius 2 is 1.95 bits per heavy atom. The Hall–Kier alpha value is -4.34. The number of alkyl halides is 3. The predicted octanol–water partition coefficient (Wildman–Crippen LogP) is 3.74. The smallest absolute Gasteiger partial charge is 0.365 e. The van der Waals surface area contributed by atoms with E-state index >= 15 is 0 Å². The van der Waals surface area contributed by atoms with Crippen molar-refractivity contribution in [2.75, 3.05) is 5.32 Å². The number of aromatic nitrogens is 5. The van der Waals surface area contributed by atoms with E-state index in [4.69, 9.17) is 5.73 Å². The van der Waals surface area contributed by atoms with E-state index in [2.05, 4.69) is 20.5 Å². The number of aryl methyl sites for hydroxylation is 2. The molecule has 37 heavy (non-hydrogen) atoms. The number of nitro groups is 1. The van der Waals surface area contributed by atoms with Gasteiger partial charge in [0.15, 0.2) is 0 Å². The maximum atomic E-state index is 13.7. The molecule has 0 aromatic carbocycles. The van der Waals surface area contributed by atoms with E-state index in [9.17, 15) is 32.9 Å². The molecule has 194 valence electrons. The van der Waals surface area contributed by atoms with Gasteiger partial charge in [0, 0.05) is 23.7 Å². The van der Waals surface area contributed by atoms with Crippen molar-refractivity contribution in [2.45, 2.75) is 33.0 Å². The highest BCUT2D eigenvalue weighted by Gasteiger charge is 2.36. The summed E-state index contributed by atoms with van der Waals surface area (Å²) in [6, 6.07) is -0.266. The molecule has 0 saturated heterocycles. The van der Waals surface area contributed by atoms with Crippen molar-refractivity contribution in [3.63, 3.8) is 0 Å². The number of fused-ring (bicyclic) bond motifs is 1. The highest BCUT2D eigenvalue weighted by Crippen LogP contribution is 2.44. The number of primary amides is 1. The first-order valence-corrected chi connectivity index (χ1v) is 11.4. The zero-order valence-electron chi connectivity index (χ0n) is 19.7. The fourth-order valence-electron chi connectivity index (χ4n) is 3.71. The lowest BCUT2D eigenvalue weighted by Crippen LogP contribution is -2.25. The van der Waals surface area contributed by atoms with Crippen LogP contribution in [-0.4, -0.2) is 41.3 Å². The quantitative estimate of drug-likeness (QED) is 0.280. The molecule has 3 N–H and O–H groups in total. The van der Waals surface area contributed by atoms with Crippen LogP contribution in [0.15, 0.2) is 18.5 Å². The lowest BCUT2D eigenvalue weighted by molar-refractivity contribution is -0.385. The van der Waals surface area contributed by atoms with Crippen LogP contribution < -0.4 is 11.1 Å². The van der Waals surface area contributed by atoms with Crippen LogP contribution in [0.25, 0.3) is 21.3 Å². The van der Waals surface area contributed by atoms with Crippen molar-refractivity contribution < 1.29 is 27.7 Å². The standard InChI is InChI=1S/C21H19F3N8O4S/c1-8-13(32(35)36)7-31(29-8)10(3)19(34)28-16-15-11(12-6-26-30(4)9(12)2)5-14(21(22,23)24)27-20(15)37-17(16)18(25)33/h5-7,10H,1-4H3,(H2,25,33)(H,28,34). The largest absolute Gasteiger partial charge is 0.433 e. The molecule has 0 radical (unpaired) electrons. The third-order valence-electron chi connectivity index (χ3n) is 5.81. The van der Waals surface area contributed by atoms with E-state index in [-0.39, 0.29) is 37.7 Å². The summed E-state index contributed by atoms with van der Waals surface area (Å²) in [5.74, 6) is -1.73. The van der Waals surface area contributed by atoms with Gasteiger partial charge in [-0.25, -0.2) is 4.98 Å². The Balaban J connectivity index is 1.90. The van der Waals surface area contributed by atoms with Crippen LogP contribution in [0.1, 0.15) is 39.7 Å². The van der Waals surface area contributed by atoms with Crippen LogP contribution in [0, 0.1) is 24.0 Å². The molecule has 12 nitrogen and oxygen atoms in total. The van der Waals surface area contributed by atoms with Gasteiger partial charge in [-0.15, -0.1) is 11.3 Å². The van der Waals surface area contributed by atoms with Gasteiger partial charge in [0.1, 0.15) is 33.3 Å². The fourth-order valence-corrected chi connectivity index (χ4v) is 4.72. The van der Waals surface area contributed by atoms with Gasteiger partial charge in [0.25, 0.3) is 5.91 Å². The Morgan fingerprint density at radius 3 is 2.46 bits per heavy atom. The monoisotopic (exact) mass is 536 g/mol. The summed E-state index contributed by atoms with van der Waals surface area (Å²) in [4.78, 5) is 39.2. The van der Waals surface area contributed by atoms with E-state index in [1.807, 2.05) is 0 Å². The van der Waals surface area contributed by atoms with Gasteiger partial charge in [0.2, 0.25) is 5.91 Å². The van der Waals surface area contributed by atoms with E-state index in [0.29, 0.717) is 22.6 Å². The second kappa shape index (κ2) is 8.95. The number of anilines is 1. The minimum atomic E-state index is -4.79. The number of nitrogens with zero attached hydrogens (tertiary/aromatic N) is 6. The van der Waals surface area contributed by atoms with Crippen LogP contribution >= 0.6 is 11.3 Å². The number of hydrogen-bond acceptors (Lipinski definition) is 8. The summed E-state index contributed by atoms with van der Waals surface area (Å²) < 4.78 is 43.6. The van der Waals surface area contributed by atoms with Gasteiger partial charge in [-0.2, -0.15) is 23.4 Å². The van der Waals surface area contributed by atoms with E-state index in [1.165, 1.54) is 24.7 Å². The maximum Gasteiger partial charge on any atom is 0.433 e. The van der Waals surface area contributed by atoms with Gasteiger partial charge in [0.05, 0.1) is 16.8 Å². The van der Waals surface area contributed by atoms with Crippen LogP contribution in [0.3, 0.4) is 0 Å². The first-order chi connectivity index (χ1) is 17.2. The molecule has 2 amide bonds. The van der Waals surface area contributed by atoms with Crippen LogP contribution in [0.4, 0.5) is 24.5 Å². The number of pyridine rings is 1. The molecule has 0 bridgehead atoms. The minimum absolute atomic E-state index is 0.0419.